The summed E-state index contributed by atoms with van der Waals surface area (Å²) in [6.45, 7) is 1.76. The lowest BCUT2D eigenvalue weighted by Gasteiger charge is -2.10. The lowest BCUT2D eigenvalue weighted by Crippen LogP contribution is -2.33. The van der Waals surface area contributed by atoms with Gasteiger partial charge < -0.3 is 26.8 Å². The van der Waals surface area contributed by atoms with Crippen LogP contribution in [-0.2, 0) is 9.59 Å². The van der Waals surface area contributed by atoms with Gasteiger partial charge >= 0.3 is 0 Å². The van der Waals surface area contributed by atoms with Crippen LogP contribution >= 0.6 is 0 Å². The molecular weight excluding hydrogens is 276 g/mol. The first-order valence-corrected chi connectivity index (χ1v) is 6.23. The summed E-state index contributed by atoms with van der Waals surface area (Å²) < 4.78 is 5.08. The fourth-order valence-corrected chi connectivity index (χ4v) is 1.49. The Kier molecular flexibility index (Phi) is 5.99. The number of nitrogens with two attached hydrogens (primary N) is 2. The van der Waals surface area contributed by atoms with E-state index in [1.165, 1.54) is 25.1 Å². The first kappa shape index (κ1) is 16.3. The number of anilines is 1. The first-order chi connectivity index (χ1) is 9.90. The number of primary amides is 1. The van der Waals surface area contributed by atoms with Crippen LogP contribution in [0.1, 0.15) is 17.3 Å². The van der Waals surface area contributed by atoms with Crippen molar-refractivity contribution in [1.29, 1.82) is 0 Å². The van der Waals surface area contributed by atoms with Gasteiger partial charge in [-0.2, -0.15) is 0 Å². The van der Waals surface area contributed by atoms with Crippen LogP contribution < -0.4 is 26.8 Å². The first-order valence-electron chi connectivity index (χ1n) is 6.23. The summed E-state index contributed by atoms with van der Waals surface area (Å²) in [5.41, 5.74) is 11.3. The second-order valence-electron chi connectivity index (χ2n) is 4.25. The van der Waals surface area contributed by atoms with Gasteiger partial charge in [0, 0.05) is 25.6 Å². The van der Waals surface area contributed by atoms with Crippen LogP contribution in [0.25, 0.3) is 0 Å². The summed E-state index contributed by atoms with van der Waals surface area (Å²) in [6.07, 6.45) is 0. The monoisotopic (exact) mass is 294 g/mol. The zero-order valence-electron chi connectivity index (χ0n) is 11.6. The number of ether oxygens (including phenoxy) is 1. The second-order valence-corrected chi connectivity index (χ2v) is 4.25. The molecule has 0 aliphatic carbocycles. The molecule has 6 N–H and O–H groups in total. The van der Waals surface area contributed by atoms with E-state index >= 15 is 0 Å². The fraction of sp³-hybridized carbons (Fsp3) is 0.308. The van der Waals surface area contributed by atoms with Crippen LogP contribution in [0, 0.1) is 0 Å². The van der Waals surface area contributed by atoms with E-state index < -0.39 is 5.91 Å². The second kappa shape index (κ2) is 7.73. The van der Waals surface area contributed by atoms with Crippen LogP contribution in [-0.4, -0.2) is 37.4 Å². The zero-order chi connectivity index (χ0) is 15.8. The molecule has 21 heavy (non-hydrogen) atoms. The molecule has 0 unspecified atom stereocenters. The van der Waals surface area contributed by atoms with Crippen molar-refractivity contribution in [3.63, 3.8) is 0 Å². The van der Waals surface area contributed by atoms with Crippen molar-refractivity contribution >= 4 is 23.4 Å². The molecule has 0 fully saturated rings. The molecule has 8 heteroatoms. The molecular formula is C13H18N4O4. The largest absolute Gasteiger partial charge is 0.482 e. The molecule has 0 heterocycles. The topological polar surface area (TPSA) is 137 Å². The zero-order valence-corrected chi connectivity index (χ0v) is 11.6. The highest BCUT2D eigenvalue weighted by molar-refractivity contribution is 5.95. The summed E-state index contributed by atoms with van der Waals surface area (Å²) in [4.78, 5) is 33.1. The average Bonchev–Trinajstić information content (AvgIpc) is 2.41. The third-order valence-electron chi connectivity index (χ3n) is 2.43. The molecule has 1 aromatic carbocycles. The Balaban J connectivity index is 2.55. The summed E-state index contributed by atoms with van der Waals surface area (Å²) in [5.74, 6) is -0.823. The number of rotatable bonds is 7. The summed E-state index contributed by atoms with van der Waals surface area (Å²) >= 11 is 0. The van der Waals surface area contributed by atoms with Crippen molar-refractivity contribution in [2.24, 2.45) is 5.73 Å². The van der Waals surface area contributed by atoms with Crippen molar-refractivity contribution in [1.82, 2.24) is 10.6 Å². The SMILES string of the molecule is CC(=O)NCCNC(=O)c1ccc(OCC(N)=O)c(N)c1. The highest BCUT2D eigenvalue weighted by Gasteiger charge is 2.09. The van der Waals surface area contributed by atoms with E-state index in [9.17, 15) is 14.4 Å². The van der Waals surface area contributed by atoms with Gasteiger partial charge in [-0.25, -0.2) is 0 Å². The van der Waals surface area contributed by atoms with Gasteiger partial charge in [-0.05, 0) is 18.2 Å². The molecule has 114 valence electrons. The maximum atomic E-state index is 11.8. The van der Waals surface area contributed by atoms with Gasteiger partial charge in [0.15, 0.2) is 6.61 Å². The Labute approximate surface area is 121 Å². The van der Waals surface area contributed by atoms with E-state index in [1.54, 1.807) is 0 Å². The predicted molar refractivity (Wildman–Crippen MR) is 76.6 cm³/mol. The highest BCUT2D eigenvalue weighted by atomic mass is 16.5. The van der Waals surface area contributed by atoms with Crippen molar-refractivity contribution in [2.75, 3.05) is 25.4 Å². The molecule has 1 aromatic rings. The van der Waals surface area contributed by atoms with Gasteiger partial charge in [-0.3, -0.25) is 14.4 Å². The summed E-state index contributed by atoms with van der Waals surface area (Å²) in [5, 5.41) is 5.19. The Bertz CT molecular complexity index is 545. The van der Waals surface area contributed by atoms with Crippen LogP contribution in [0.3, 0.4) is 0 Å². The minimum absolute atomic E-state index is 0.163. The van der Waals surface area contributed by atoms with Crippen molar-refractivity contribution in [3.05, 3.63) is 23.8 Å². The molecule has 3 amide bonds. The molecule has 0 aliphatic rings. The molecule has 0 saturated heterocycles. The molecule has 1 rings (SSSR count). The van der Waals surface area contributed by atoms with Gasteiger partial charge in [0.2, 0.25) is 5.91 Å². The maximum absolute atomic E-state index is 11.8. The Morgan fingerprint density at radius 3 is 2.43 bits per heavy atom. The van der Waals surface area contributed by atoms with E-state index in [4.69, 9.17) is 16.2 Å². The normalized spacial score (nSPS) is 9.76. The number of nitrogens with one attached hydrogen (secondary N) is 2. The van der Waals surface area contributed by atoms with Crippen LogP contribution in [0.15, 0.2) is 18.2 Å². The molecule has 0 aromatic heterocycles. The van der Waals surface area contributed by atoms with Gasteiger partial charge in [0.25, 0.3) is 11.8 Å². The number of benzene rings is 1. The molecule has 0 radical (unpaired) electrons. The van der Waals surface area contributed by atoms with Crippen molar-refractivity contribution in [2.45, 2.75) is 6.92 Å². The van der Waals surface area contributed by atoms with Crippen LogP contribution in [0.2, 0.25) is 0 Å². The fourth-order valence-electron chi connectivity index (χ4n) is 1.49. The van der Waals surface area contributed by atoms with E-state index in [0.717, 1.165) is 0 Å². The van der Waals surface area contributed by atoms with Gasteiger partial charge in [-0.15, -0.1) is 0 Å². The van der Waals surface area contributed by atoms with Gasteiger partial charge in [0.05, 0.1) is 5.69 Å². The molecule has 0 bridgehead atoms. The number of hydrogen-bond acceptors (Lipinski definition) is 5. The third-order valence-corrected chi connectivity index (χ3v) is 2.43. The van der Waals surface area contributed by atoms with Gasteiger partial charge in [0.1, 0.15) is 5.75 Å². The average molecular weight is 294 g/mol. The van der Waals surface area contributed by atoms with Crippen LogP contribution in [0.4, 0.5) is 5.69 Å². The molecule has 0 spiro atoms. The lowest BCUT2D eigenvalue weighted by molar-refractivity contribution is -0.120. The number of carbonyl (C=O) groups excluding carboxylic acids is 3. The summed E-state index contributed by atoms with van der Waals surface area (Å²) in [7, 11) is 0. The highest BCUT2D eigenvalue weighted by Crippen LogP contribution is 2.22. The van der Waals surface area contributed by atoms with Gasteiger partial charge in [-0.1, -0.05) is 0 Å². The standard InChI is InChI=1S/C13H18N4O4/c1-8(18)16-4-5-17-13(20)9-2-3-11(10(14)6-9)21-7-12(15)19/h2-3,6H,4-5,7,14H2,1H3,(H2,15,19)(H,16,18)(H,17,20). The maximum Gasteiger partial charge on any atom is 0.255 e. The number of amides is 3. The van der Waals surface area contributed by atoms with E-state index in [1.807, 2.05) is 0 Å². The number of hydrogen-bond donors (Lipinski definition) is 4. The van der Waals surface area contributed by atoms with E-state index in [2.05, 4.69) is 10.6 Å². The Morgan fingerprint density at radius 1 is 1.19 bits per heavy atom. The molecule has 0 saturated carbocycles. The predicted octanol–water partition coefficient (Wildman–Crippen LogP) is -1.00. The molecule has 0 atom stereocenters. The number of carbonyl (C=O) groups is 3. The smallest absolute Gasteiger partial charge is 0.255 e. The molecule has 0 aliphatic heterocycles. The minimum atomic E-state index is -0.616. The quantitative estimate of drug-likeness (QED) is 0.377. The van der Waals surface area contributed by atoms with E-state index in [0.29, 0.717) is 18.7 Å². The van der Waals surface area contributed by atoms with Crippen molar-refractivity contribution < 1.29 is 19.1 Å². The third kappa shape index (κ3) is 5.81. The van der Waals surface area contributed by atoms with Crippen molar-refractivity contribution in [3.8, 4) is 5.75 Å². The number of nitrogen functional groups attached to an aromatic ring is 1. The Morgan fingerprint density at radius 2 is 1.86 bits per heavy atom. The minimum Gasteiger partial charge on any atom is -0.482 e. The Hall–Kier alpha value is -2.77. The summed E-state index contributed by atoms with van der Waals surface area (Å²) in [6, 6.07) is 4.44. The van der Waals surface area contributed by atoms with E-state index in [-0.39, 0.29) is 29.9 Å². The lowest BCUT2D eigenvalue weighted by atomic mass is 10.1. The molecule has 8 nitrogen and oxygen atoms in total. The van der Waals surface area contributed by atoms with Crippen LogP contribution in [0.5, 0.6) is 5.75 Å².